The van der Waals surface area contributed by atoms with Gasteiger partial charge in [-0.25, -0.2) is 0 Å². The van der Waals surface area contributed by atoms with Crippen LogP contribution in [0, 0.1) is 11.3 Å². The van der Waals surface area contributed by atoms with Crippen molar-refractivity contribution in [2.75, 3.05) is 17.7 Å². The number of ether oxygens (including phenoxy) is 5. The fourth-order valence-corrected chi connectivity index (χ4v) is 5.08. The zero-order chi connectivity index (χ0) is 29.6. The highest BCUT2D eigenvalue weighted by Gasteiger charge is 2.52. The summed E-state index contributed by atoms with van der Waals surface area (Å²) in [6.07, 6.45) is -6.71. The number of nitrogen functional groups attached to an aromatic ring is 1. The number of rotatable bonds is 9. The Bertz CT molecular complexity index is 1340. The third-order valence-corrected chi connectivity index (χ3v) is 6.70. The van der Waals surface area contributed by atoms with Crippen LogP contribution in [0.5, 0.6) is 0 Å². The molecule has 13 nitrogen and oxygen atoms in total. The minimum atomic E-state index is -1.41. The number of nitriles is 1. The van der Waals surface area contributed by atoms with E-state index in [0.29, 0.717) is 5.56 Å². The molecule has 1 saturated heterocycles. The highest BCUT2D eigenvalue weighted by Crippen LogP contribution is 2.39. The van der Waals surface area contributed by atoms with E-state index in [2.05, 4.69) is 5.32 Å². The molecule has 0 spiro atoms. The number of anilines is 2. The Labute approximate surface area is 233 Å². The van der Waals surface area contributed by atoms with Gasteiger partial charge >= 0.3 is 23.9 Å². The van der Waals surface area contributed by atoms with Crippen LogP contribution >= 0.6 is 11.3 Å². The number of carbonyl (C=O) groups is 5. The lowest BCUT2D eigenvalue weighted by atomic mass is 9.97. The molecule has 0 radical (unpaired) electrons. The van der Waals surface area contributed by atoms with Crippen molar-refractivity contribution in [1.82, 2.24) is 0 Å². The van der Waals surface area contributed by atoms with Crippen molar-refractivity contribution in [2.24, 2.45) is 0 Å². The third kappa shape index (κ3) is 7.13. The number of nitrogens with two attached hydrogens (primary N) is 1. The summed E-state index contributed by atoms with van der Waals surface area (Å²) in [5.41, 5.74) is 6.37. The molecule has 5 atom stereocenters. The first-order valence-corrected chi connectivity index (χ1v) is 12.7. The molecule has 0 saturated carbocycles. The van der Waals surface area contributed by atoms with Gasteiger partial charge < -0.3 is 34.7 Å². The predicted octanol–water partition coefficient (Wildman–Crippen LogP) is 1.93. The first-order valence-electron chi connectivity index (χ1n) is 11.9. The number of esters is 4. The Morgan fingerprint density at radius 1 is 0.925 bits per heavy atom. The maximum Gasteiger partial charge on any atom is 0.303 e. The van der Waals surface area contributed by atoms with Gasteiger partial charge in [0.2, 0.25) is 5.78 Å². The van der Waals surface area contributed by atoms with E-state index in [1.165, 1.54) is 0 Å². The van der Waals surface area contributed by atoms with Gasteiger partial charge in [-0.15, -0.1) is 11.3 Å². The predicted molar refractivity (Wildman–Crippen MR) is 139 cm³/mol. The van der Waals surface area contributed by atoms with Gasteiger partial charge in [0, 0.05) is 33.3 Å². The molecule has 1 aliphatic heterocycles. The van der Waals surface area contributed by atoms with E-state index in [0.717, 1.165) is 39.0 Å². The smallest absolute Gasteiger partial charge is 0.303 e. The first-order chi connectivity index (χ1) is 18.9. The number of nitrogens with one attached hydrogen (secondary N) is 1. The van der Waals surface area contributed by atoms with Crippen molar-refractivity contribution in [3.63, 3.8) is 0 Å². The summed E-state index contributed by atoms with van der Waals surface area (Å²) in [5, 5.41) is 12.8. The normalized spacial score (nSPS) is 21.8. The average Bonchev–Trinajstić information content (AvgIpc) is 3.20. The van der Waals surface area contributed by atoms with Gasteiger partial charge in [0.25, 0.3) is 0 Å². The molecule has 14 heteroatoms. The monoisotopic (exact) mass is 573 g/mol. The molecule has 2 aromatic rings. The number of carbonyl (C=O) groups excluding carboxylic acids is 5. The van der Waals surface area contributed by atoms with Crippen LogP contribution in [-0.2, 0) is 42.9 Å². The Kier molecular flexibility index (Phi) is 9.81. The zero-order valence-electron chi connectivity index (χ0n) is 22.0. The number of nitrogens with zero attached hydrogens (tertiary/aromatic N) is 1. The van der Waals surface area contributed by atoms with Crippen LogP contribution in [0.4, 0.5) is 10.7 Å². The third-order valence-electron chi connectivity index (χ3n) is 5.56. The summed E-state index contributed by atoms with van der Waals surface area (Å²) >= 11 is 0.867. The van der Waals surface area contributed by atoms with Gasteiger partial charge in [-0.05, 0) is 0 Å². The van der Waals surface area contributed by atoms with Gasteiger partial charge in [0.15, 0.2) is 24.5 Å². The first kappa shape index (κ1) is 30.1. The van der Waals surface area contributed by atoms with Crippen molar-refractivity contribution >= 4 is 51.7 Å². The number of thiophene rings is 1. The second-order valence-corrected chi connectivity index (χ2v) is 9.64. The van der Waals surface area contributed by atoms with Crippen molar-refractivity contribution in [2.45, 2.75) is 58.3 Å². The number of benzene rings is 1. The Balaban J connectivity index is 2.06. The Morgan fingerprint density at radius 2 is 1.50 bits per heavy atom. The second-order valence-electron chi connectivity index (χ2n) is 8.62. The number of hydrogen-bond donors (Lipinski definition) is 2. The van der Waals surface area contributed by atoms with Gasteiger partial charge in [-0.2, -0.15) is 5.26 Å². The molecule has 0 aliphatic carbocycles. The highest BCUT2D eigenvalue weighted by molar-refractivity contribution is 7.19. The number of ketones is 1. The van der Waals surface area contributed by atoms with Crippen LogP contribution in [0.25, 0.3) is 0 Å². The molecule has 0 amide bonds. The van der Waals surface area contributed by atoms with E-state index in [9.17, 15) is 29.2 Å². The minimum absolute atomic E-state index is 0.0721. The summed E-state index contributed by atoms with van der Waals surface area (Å²) in [7, 11) is 0. The lowest BCUT2D eigenvalue weighted by Gasteiger charge is -2.44. The van der Waals surface area contributed by atoms with E-state index in [1.54, 1.807) is 30.3 Å². The molecule has 40 heavy (non-hydrogen) atoms. The molecule has 1 aromatic carbocycles. The second kappa shape index (κ2) is 13.0. The van der Waals surface area contributed by atoms with Crippen molar-refractivity contribution in [1.29, 1.82) is 5.26 Å². The van der Waals surface area contributed by atoms with Crippen molar-refractivity contribution in [3.05, 3.63) is 46.3 Å². The molecule has 0 bridgehead atoms. The van der Waals surface area contributed by atoms with Crippen LogP contribution in [0.3, 0.4) is 0 Å². The Morgan fingerprint density at radius 3 is 2.05 bits per heavy atom. The molecule has 3 rings (SSSR count). The molecular weight excluding hydrogens is 546 g/mol. The van der Waals surface area contributed by atoms with E-state index >= 15 is 0 Å². The molecule has 1 aromatic heterocycles. The summed E-state index contributed by atoms with van der Waals surface area (Å²) in [6.45, 7) is 4.05. The van der Waals surface area contributed by atoms with Gasteiger partial charge in [-0.1, -0.05) is 30.3 Å². The van der Waals surface area contributed by atoms with Crippen LogP contribution < -0.4 is 11.1 Å². The molecule has 1 fully saturated rings. The van der Waals surface area contributed by atoms with E-state index in [4.69, 9.17) is 29.4 Å². The largest absolute Gasteiger partial charge is 0.463 e. The van der Waals surface area contributed by atoms with Gasteiger partial charge in [0.1, 0.15) is 34.2 Å². The molecule has 1 aliphatic rings. The standard InChI is InChI=1S/C26H27N3O10S/c1-12(30)35-11-18-21(36-13(2)31)22(37-14(3)32)23(38-15(4)33)25(39-18)29-26-17(10-27)19(28)24(40-26)20(34)16-8-6-5-7-9-16/h5-9,18,21-23,25,29H,11,28H2,1-4H3/t18-,21-,22+,23-,25-/m1/s1. The van der Waals surface area contributed by atoms with Crippen molar-refractivity contribution in [3.8, 4) is 6.07 Å². The summed E-state index contributed by atoms with van der Waals surface area (Å²) in [6, 6.07) is 10.2. The van der Waals surface area contributed by atoms with E-state index < -0.39 is 66.9 Å². The molecule has 0 unspecified atom stereocenters. The minimum Gasteiger partial charge on any atom is -0.463 e. The van der Waals surface area contributed by atoms with E-state index in [-0.39, 0.29) is 21.1 Å². The highest BCUT2D eigenvalue weighted by atomic mass is 32.1. The lowest BCUT2D eigenvalue weighted by Crippen LogP contribution is -2.64. The van der Waals surface area contributed by atoms with Crippen molar-refractivity contribution < 1.29 is 47.7 Å². The lowest BCUT2D eigenvalue weighted by molar-refractivity contribution is -0.247. The maximum absolute atomic E-state index is 13.1. The van der Waals surface area contributed by atoms with Gasteiger partial charge in [0.05, 0.1) is 5.69 Å². The molecule has 3 N–H and O–H groups in total. The summed E-state index contributed by atoms with van der Waals surface area (Å²) < 4.78 is 27.3. The number of hydrogen-bond acceptors (Lipinski definition) is 14. The quantitative estimate of drug-likeness (QED) is 0.251. The molecule has 2 heterocycles. The molecular formula is C26H27N3O10S. The van der Waals surface area contributed by atoms with Gasteiger partial charge in [-0.3, -0.25) is 24.0 Å². The SMILES string of the molecule is CC(=O)OC[C@H]1O[C@@H](Nc2sc(C(=O)c3ccccc3)c(N)c2C#N)[C@H](OC(C)=O)[C@@H](OC(C)=O)[C@@H]1OC(C)=O. The topological polar surface area (TPSA) is 193 Å². The summed E-state index contributed by atoms with van der Waals surface area (Å²) in [5.74, 6) is -3.44. The fourth-order valence-electron chi connectivity index (χ4n) is 4.02. The fraction of sp³-hybridized carbons (Fsp3) is 0.385. The summed E-state index contributed by atoms with van der Waals surface area (Å²) in [4.78, 5) is 60.7. The van der Waals surface area contributed by atoms with Crippen LogP contribution in [0.1, 0.15) is 48.5 Å². The zero-order valence-corrected chi connectivity index (χ0v) is 22.8. The average molecular weight is 574 g/mol. The van der Waals surface area contributed by atoms with Crippen LogP contribution in [0.2, 0.25) is 0 Å². The maximum atomic E-state index is 13.1. The van der Waals surface area contributed by atoms with Crippen LogP contribution in [-0.4, -0.2) is 66.9 Å². The molecule has 212 valence electrons. The Hall–Kier alpha value is -4.48. The van der Waals surface area contributed by atoms with E-state index in [1.807, 2.05) is 6.07 Å². The van der Waals surface area contributed by atoms with Crippen LogP contribution in [0.15, 0.2) is 30.3 Å².